The molecule has 0 atom stereocenters. The first-order valence-electron chi connectivity index (χ1n) is 8.46. The van der Waals surface area contributed by atoms with Crippen LogP contribution in [0.4, 0.5) is 0 Å². The van der Waals surface area contributed by atoms with Gasteiger partial charge in [0.25, 0.3) is 5.56 Å². The van der Waals surface area contributed by atoms with Gasteiger partial charge in [-0.3, -0.25) is 14.2 Å². The van der Waals surface area contributed by atoms with Crippen LogP contribution in [0.2, 0.25) is 0 Å². The Balaban J connectivity index is 1.71. The van der Waals surface area contributed by atoms with Crippen LogP contribution in [-0.4, -0.2) is 29.7 Å². The summed E-state index contributed by atoms with van der Waals surface area (Å²) in [5.41, 5.74) is 2.21. The number of ether oxygens (including phenoxy) is 2. The number of rotatable bonds is 6. The number of aryl methyl sites for hydroxylation is 1. The number of nitrogens with one attached hydrogen (secondary N) is 1. The molecule has 0 radical (unpaired) electrons. The largest absolute Gasteiger partial charge is 0.493 e. The van der Waals surface area contributed by atoms with Crippen molar-refractivity contribution < 1.29 is 14.3 Å². The zero-order valence-corrected chi connectivity index (χ0v) is 15.5. The number of para-hydroxylation sites is 1. The average molecular weight is 367 g/mol. The van der Waals surface area contributed by atoms with E-state index in [1.165, 1.54) is 10.9 Å². The van der Waals surface area contributed by atoms with E-state index >= 15 is 0 Å². The normalized spacial score (nSPS) is 10.6. The molecule has 3 aromatic rings. The Kier molecular flexibility index (Phi) is 5.40. The Hall–Kier alpha value is -3.35. The van der Waals surface area contributed by atoms with Crippen molar-refractivity contribution in [2.24, 2.45) is 0 Å². The smallest absolute Gasteiger partial charge is 0.261 e. The third-order valence-electron chi connectivity index (χ3n) is 4.31. The van der Waals surface area contributed by atoms with Gasteiger partial charge in [0, 0.05) is 6.54 Å². The number of amides is 1. The summed E-state index contributed by atoms with van der Waals surface area (Å²) in [5, 5.41) is 3.30. The molecule has 27 heavy (non-hydrogen) atoms. The molecule has 7 nitrogen and oxygen atoms in total. The zero-order chi connectivity index (χ0) is 19.4. The van der Waals surface area contributed by atoms with Crippen molar-refractivity contribution in [1.82, 2.24) is 14.9 Å². The molecule has 1 aromatic heterocycles. The minimum absolute atomic E-state index is 0.0942. The summed E-state index contributed by atoms with van der Waals surface area (Å²) in [7, 11) is 3.12. The van der Waals surface area contributed by atoms with Gasteiger partial charge in [0.1, 0.15) is 6.54 Å². The highest BCUT2D eigenvalue weighted by Gasteiger charge is 2.10. The predicted octanol–water partition coefficient (Wildman–Crippen LogP) is 2.04. The first kappa shape index (κ1) is 18.4. The zero-order valence-electron chi connectivity index (χ0n) is 15.5. The van der Waals surface area contributed by atoms with E-state index in [0.717, 1.165) is 11.1 Å². The fraction of sp³-hybridized carbons (Fsp3) is 0.250. The molecular weight excluding hydrogens is 346 g/mol. The standard InChI is InChI=1S/C20H21N3O4/c1-13-5-4-6-15-19(13)22-12-23(20(15)25)11-18(24)21-10-14-7-8-16(26-2)17(9-14)27-3/h4-9,12H,10-11H2,1-3H3,(H,21,24). The van der Waals surface area contributed by atoms with Gasteiger partial charge in [0.05, 0.1) is 31.4 Å². The van der Waals surface area contributed by atoms with Crippen molar-refractivity contribution in [2.45, 2.75) is 20.0 Å². The molecule has 0 aliphatic carbocycles. The number of hydrogen-bond donors (Lipinski definition) is 1. The maximum absolute atomic E-state index is 12.6. The van der Waals surface area contributed by atoms with Gasteiger partial charge in [-0.05, 0) is 36.2 Å². The molecule has 0 fully saturated rings. The van der Waals surface area contributed by atoms with Gasteiger partial charge >= 0.3 is 0 Å². The minimum Gasteiger partial charge on any atom is -0.493 e. The second-order valence-corrected chi connectivity index (χ2v) is 6.11. The SMILES string of the molecule is COc1ccc(CNC(=O)Cn2cnc3c(C)cccc3c2=O)cc1OC. The number of nitrogens with zero attached hydrogens (tertiary/aromatic N) is 2. The van der Waals surface area contributed by atoms with Crippen molar-refractivity contribution in [3.05, 3.63) is 64.2 Å². The van der Waals surface area contributed by atoms with E-state index < -0.39 is 0 Å². The molecule has 0 aliphatic rings. The quantitative estimate of drug-likeness (QED) is 0.721. The summed E-state index contributed by atoms with van der Waals surface area (Å²) in [4.78, 5) is 29.1. The van der Waals surface area contributed by atoms with Gasteiger partial charge in [-0.25, -0.2) is 4.98 Å². The topological polar surface area (TPSA) is 82.5 Å². The number of carbonyl (C=O) groups excluding carboxylic acids is 1. The molecule has 0 aliphatic heterocycles. The number of fused-ring (bicyclic) bond motifs is 1. The first-order valence-corrected chi connectivity index (χ1v) is 8.46. The Morgan fingerprint density at radius 3 is 2.67 bits per heavy atom. The number of methoxy groups -OCH3 is 2. The van der Waals surface area contributed by atoms with Crippen molar-refractivity contribution in [3.63, 3.8) is 0 Å². The lowest BCUT2D eigenvalue weighted by Gasteiger charge is -2.11. The van der Waals surface area contributed by atoms with Crippen LogP contribution in [-0.2, 0) is 17.9 Å². The summed E-state index contributed by atoms with van der Waals surface area (Å²) in [5.74, 6) is 0.937. The van der Waals surface area contributed by atoms with Gasteiger partial charge in [0.15, 0.2) is 11.5 Å². The Morgan fingerprint density at radius 2 is 1.93 bits per heavy atom. The van der Waals surface area contributed by atoms with E-state index in [2.05, 4.69) is 10.3 Å². The van der Waals surface area contributed by atoms with Gasteiger partial charge < -0.3 is 14.8 Å². The fourth-order valence-electron chi connectivity index (χ4n) is 2.85. The highest BCUT2D eigenvalue weighted by molar-refractivity contribution is 5.81. The van der Waals surface area contributed by atoms with E-state index in [1.807, 2.05) is 25.1 Å². The second kappa shape index (κ2) is 7.90. The van der Waals surface area contributed by atoms with Gasteiger partial charge in [-0.1, -0.05) is 18.2 Å². The summed E-state index contributed by atoms with van der Waals surface area (Å²) >= 11 is 0. The van der Waals surface area contributed by atoms with Crippen molar-refractivity contribution in [3.8, 4) is 11.5 Å². The predicted molar refractivity (Wildman–Crippen MR) is 102 cm³/mol. The number of benzene rings is 2. The van der Waals surface area contributed by atoms with Crippen LogP contribution in [0, 0.1) is 6.92 Å². The van der Waals surface area contributed by atoms with E-state index in [-0.39, 0.29) is 18.0 Å². The average Bonchev–Trinajstić information content (AvgIpc) is 2.68. The summed E-state index contributed by atoms with van der Waals surface area (Å²) in [6, 6.07) is 10.8. The molecule has 0 saturated carbocycles. The van der Waals surface area contributed by atoms with Gasteiger partial charge in [-0.15, -0.1) is 0 Å². The molecule has 3 rings (SSSR count). The molecular formula is C20H21N3O4. The lowest BCUT2D eigenvalue weighted by Crippen LogP contribution is -2.32. The third kappa shape index (κ3) is 3.92. The lowest BCUT2D eigenvalue weighted by molar-refractivity contribution is -0.121. The van der Waals surface area contributed by atoms with Crippen LogP contribution >= 0.6 is 0 Å². The number of carbonyl (C=O) groups is 1. The monoisotopic (exact) mass is 367 g/mol. The van der Waals surface area contributed by atoms with Crippen LogP contribution in [0.25, 0.3) is 10.9 Å². The van der Waals surface area contributed by atoms with Crippen molar-refractivity contribution in [2.75, 3.05) is 14.2 Å². The second-order valence-electron chi connectivity index (χ2n) is 6.11. The molecule has 1 heterocycles. The lowest BCUT2D eigenvalue weighted by atomic mass is 10.1. The maximum atomic E-state index is 12.6. The number of aromatic nitrogens is 2. The molecule has 7 heteroatoms. The highest BCUT2D eigenvalue weighted by Crippen LogP contribution is 2.27. The fourth-order valence-corrected chi connectivity index (χ4v) is 2.85. The van der Waals surface area contributed by atoms with Crippen molar-refractivity contribution >= 4 is 16.8 Å². The van der Waals surface area contributed by atoms with Crippen LogP contribution in [0.15, 0.2) is 47.5 Å². The molecule has 1 N–H and O–H groups in total. The Morgan fingerprint density at radius 1 is 1.15 bits per heavy atom. The van der Waals surface area contributed by atoms with E-state index in [1.54, 1.807) is 32.4 Å². The molecule has 0 bridgehead atoms. The van der Waals surface area contributed by atoms with Crippen molar-refractivity contribution in [1.29, 1.82) is 0 Å². The van der Waals surface area contributed by atoms with Gasteiger partial charge in [0.2, 0.25) is 5.91 Å². The van der Waals surface area contributed by atoms with Crippen LogP contribution in [0.1, 0.15) is 11.1 Å². The highest BCUT2D eigenvalue weighted by atomic mass is 16.5. The van der Waals surface area contributed by atoms with Crippen LogP contribution < -0.4 is 20.3 Å². The summed E-state index contributed by atoms with van der Waals surface area (Å²) in [6.45, 7) is 2.12. The molecule has 1 amide bonds. The number of hydrogen-bond acceptors (Lipinski definition) is 5. The Bertz CT molecular complexity index is 1040. The molecule has 0 saturated heterocycles. The van der Waals surface area contributed by atoms with E-state index in [4.69, 9.17) is 9.47 Å². The molecule has 2 aromatic carbocycles. The first-order chi connectivity index (χ1) is 13.0. The third-order valence-corrected chi connectivity index (χ3v) is 4.31. The van der Waals surface area contributed by atoms with Crippen LogP contribution in [0.3, 0.4) is 0 Å². The Labute approximate surface area is 156 Å². The van der Waals surface area contributed by atoms with E-state index in [0.29, 0.717) is 28.9 Å². The molecule has 140 valence electrons. The summed E-state index contributed by atoms with van der Waals surface area (Å²) in [6.07, 6.45) is 1.41. The van der Waals surface area contributed by atoms with E-state index in [9.17, 15) is 9.59 Å². The summed E-state index contributed by atoms with van der Waals surface area (Å²) < 4.78 is 11.8. The van der Waals surface area contributed by atoms with Crippen LogP contribution in [0.5, 0.6) is 11.5 Å². The van der Waals surface area contributed by atoms with Gasteiger partial charge in [-0.2, -0.15) is 0 Å². The minimum atomic E-state index is -0.277. The molecule has 0 spiro atoms. The maximum Gasteiger partial charge on any atom is 0.261 e. The molecule has 0 unspecified atom stereocenters.